The van der Waals surface area contributed by atoms with Gasteiger partial charge in [-0.05, 0) is 41.6 Å². The molecule has 1 amide bonds. The van der Waals surface area contributed by atoms with E-state index in [0.29, 0.717) is 17.8 Å². The average molecular weight is 419 g/mol. The second kappa shape index (κ2) is 8.48. The summed E-state index contributed by atoms with van der Waals surface area (Å²) in [5.74, 6) is -0.436. The lowest BCUT2D eigenvalue weighted by Gasteiger charge is -2.14. The number of hydrogen-bond donors (Lipinski definition) is 0. The monoisotopic (exact) mass is 419 g/mol. The molecule has 31 heavy (non-hydrogen) atoms. The van der Waals surface area contributed by atoms with Crippen LogP contribution in [0.25, 0.3) is 4.85 Å². The molecule has 8 nitrogen and oxygen atoms in total. The van der Waals surface area contributed by atoms with Crippen molar-refractivity contribution in [2.45, 2.75) is 31.4 Å². The van der Waals surface area contributed by atoms with E-state index < -0.39 is 18.2 Å². The third-order valence-electron chi connectivity index (χ3n) is 5.27. The number of cyclic esters (lactones) is 1. The Hall–Kier alpha value is -3.86. The topological polar surface area (TPSA) is 81.8 Å². The van der Waals surface area contributed by atoms with E-state index in [1.807, 2.05) is 24.3 Å². The van der Waals surface area contributed by atoms with Crippen molar-refractivity contribution in [2.75, 3.05) is 18.1 Å². The molecule has 2 fully saturated rings. The zero-order chi connectivity index (χ0) is 21.8. The lowest BCUT2D eigenvalue weighted by Crippen LogP contribution is -2.26. The molecule has 8 heteroatoms. The molecule has 1 aliphatic heterocycles. The fourth-order valence-electron chi connectivity index (χ4n) is 3.33. The van der Waals surface area contributed by atoms with Crippen LogP contribution >= 0.6 is 0 Å². The van der Waals surface area contributed by atoms with Gasteiger partial charge in [-0.25, -0.2) is 16.2 Å². The highest BCUT2D eigenvalue weighted by Gasteiger charge is 2.52. The van der Waals surface area contributed by atoms with Crippen LogP contribution in [0.5, 0.6) is 0 Å². The second-order valence-electron chi connectivity index (χ2n) is 7.47. The van der Waals surface area contributed by atoms with Crippen molar-refractivity contribution in [3.05, 3.63) is 77.1 Å². The zero-order valence-corrected chi connectivity index (χ0v) is 17.0. The van der Waals surface area contributed by atoms with Gasteiger partial charge in [0.2, 0.25) is 5.90 Å². The Morgan fingerprint density at radius 1 is 1.23 bits per heavy atom. The Morgan fingerprint density at radius 3 is 2.58 bits per heavy atom. The van der Waals surface area contributed by atoms with Gasteiger partial charge in [0.15, 0.2) is 6.10 Å². The Morgan fingerprint density at radius 2 is 1.94 bits per heavy atom. The van der Waals surface area contributed by atoms with Crippen molar-refractivity contribution >= 4 is 23.6 Å². The zero-order valence-electron chi connectivity index (χ0n) is 17.0. The molecule has 0 bridgehead atoms. The van der Waals surface area contributed by atoms with Crippen molar-refractivity contribution in [3.8, 4) is 0 Å². The Bertz CT molecular complexity index is 1040. The van der Waals surface area contributed by atoms with E-state index in [-0.39, 0.29) is 18.0 Å². The van der Waals surface area contributed by atoms with Gasteiger partial charge < -0.3 is 19.2 Å². The van der Waals surface area contributed by atoms with Crippen LogP contribution in [0, 0.1) is 6.57 Å². The van der Waals surface area contributed by atoms with Gasteiger partial charge in [0, 0.05) is 31.0 Å². The van der Waals surface area contributed by atoms with E-state index in [1.165, 1.54) is 4.90 Å². The highest BCUT2D eigenvalue weighted by Crippen LogP contribution is 2.49. The molecule has 0 unspecified atom stereocenters. The number of ether oxygens (including phenoxy) is 2. The molecule has 1 aliphatic carbocycles. The van der Waals surface area contributed by atoms with Crippen LogP contribution in [-0.2, 0) is 19.9 Å². The molecule has 1 saturated carbocycles. The standard InChI is InChI=1S/C23H21N3O5/c1-16(25-31-21(27)17-6-4-3-5-7-17)29-15-20-14-26(22(28)30-20)19-10-8-18(9-11-19)23(24-2)12-13-23/h3-11,20H,12-15H2,1H3/b25-16+/t20-/m1/s1. The molecule has 1 atom stereocenters. The lowest BCUT2D eigenvalue weighted by molar-refractivity contribution is 0.0489. The first-order chi connectivity index (χ1) is 15.0. The largest absolute Gasteiger partial charge is 0.475 e. The van der Waals surface area contributed by atoms with Crippen LogP contribution in [0.4, 0.5) is 10.5 Å². The maximum atomic E-state index is 12.3. The minimum absolute atomic E-state index is 0.0827. The smallest absolute Gasteiger partial charge is 0.414 e. The fraction of sp³-hybridized carbons (Fsp3) is 0.304. The molecule has 0 aromatic heterocycles. The number of hydrogen-bond acceptors (Lipinski definition) is 6. The Labute approximate surface area is 179 Å². The van der Waals surface area contributed by atoms with Crippen LogP contribution in [0.2, 0.25) is 0 Å². The van der Waals surface area contributed by atoms with Gasteiger partial charge in [0.05, 0.1) is 12.1 Å². The fourth-order valence-corrected chi connectivity index (χ4v) is 3.33. The molecular weight excluding hydrogens is 398 g/mol. The van der Waals surface area contributed by atoms with Crippen molar-refractivity contribution < 1.29 is 23.9 Å². The van der Waals surface area contributed by atoms with Crippen molar-refractivity contribution in [3.63, 3.8) is 0 Å². The first kappa shape index (κ1) is 20.4. The molecule has 2 aromatic rings. The third kappa shape index (κ3) is 4.51. The second-order valence-corrected chi connectivity index (χ2v) is 7.47. The van der Waals surface area contributed by atoms with Gasteiger partial charge >= 0.3 is 12.1 Å². The quantitative estimate of drug-likeness (QED) is 0.231. The summed E-state index contributed by atoms with van der Waals surface area (Å²) >= 11 is 0. The molecule has 4 rings (SSSR count). The molecule has 158 valence electrons. The molecule has 0 spiro atoms. The number of amides is 1. The molecular formula is C23H21N3O5. The van der Waals surface area contributed by atoms with Gasteiger partial charge in [-0.15, -0.1) is 0 Å². The lowest BCUT2D eigenvalue weighted by atomic mass is 10.1. The predicted octanol–water partition coefficient (Wildman–Crippen LogP) is 4.13. The molecule has 2 aliphatic rings. The van der Waals surface area contributed by atoms with Crippen LogP contribution in [0.15, 0.2) is 59.8 Å². The summed E-state index contributed by atoms with van der Waals surface area (Å²) in [5, 5.41) is 3.67. The van der Waals surface area contributed by atoms with Crippen LogP contribution in [0.1, 0.15) is 35.7 Å². The molecule has 0 radical (unpaired) electrons. The number of benzene rings is 2. The van der Waals surface area contributed by atoms with E-state index in [9.17, 15) is 9.59 Å². The summed E-state index contributed by atoms with van der Waals surface area (Å²) in [4.78, 5) is 34.2. The number of carbonyl (C=O) groups excluding carboxylic acids is 2. The number of carbonyl (C=O) groups is 2. The summed E-state index contributed by atoms with van der Waals surface area (Å²) in [6, 6.07) is 16.0. The normalized spacial score (nSPS) is 19.4. The van der Waals surface area contributed by atoms with E-state index in [2.05, 4.69) is 10.0 Å². The molecule has 2 aromatic carbocycles. The summed E-state index contributed by atoms with van der Waals surface area (Å²) in [5.41, 5.74) is 1.70. The predicted molar refractivity (Wildman–Crippen MR) is 112 cm³/mol. The number of nitrogens with zero attached hydrogens (tertiary/aromatic N) is 3. The molecule has 0 N–H and O–H groups in total. The third-order valence-corrected chi connectivity index (χ3v) is 5.27. The van der Waals surface area contributed by atoms with E-state index >= 15 is 0 Å². The van der Waals surface area contributed by atoms with Gasteiger partial charge in [-0.3, -0.25) is 4.90 Å². The first-order valence-corrected chi connectivity index (χ1v) is 9.92. The van der Waals surface area contributed by atoms with E-state index in [1.54, 1.807) is 37.3 Å². The summed E-state index contributed by atoms with van der Waals surface area (Å²) < 4.78 is 10.8. The van der Waals surface area contributed by atoms with Crippen LogP contribution in [-0.4, -0.2) is 37.2 Å². The molecule has 1 heterocycles. The number of anilines is 1. The van der Waals surface area contributed by atoms with Gasteiger partial charge in [-0.1, -0.05) is 18.2 Å². The van der Waals surface area contributed by atoms with Gasteiger partial charge in [0.1, 0.15) is 6.61 Å². The van der Waals surface area contributed by atoms with Crippen molar-refractivity contribution in [1.82, 2.24) is 0 Å². The SMILES string of the molecule is [C-]#[N+]C1(c2ccc(N3C[C@H](CO/C(C)=N/OC(=O)c4ccccc4)OC3=O)cc2)CC1. The average Bonchev–Trinajstić information content (AvgIpc) is 3.52. The maximum absolute atomic E-state index is 12.3. The van der Waals surface area contributed by atoms with Crippen LogP contribution in [0.3, 0.4) is 0 Å². The summed E-state index contributed by atoms with van der Waals surface area (Å²) in [6.07, 6.45) is 0.809. The summed E-state index contributed by atoms with van der Waals surface area (Å²) in [7, 11) is 0. The Balaban J connectivity index is 1.28. The minimum atomic E-state index is -0.586. The first-order valence-electron chi connectivity index (χ1n) is 9.92. The molecule has 1 saturated heterocycles. The van der Waals surface area contributed by atoms with E-state index in [0.717, 1.165) is 18.4 Å². The Kier molecular flexibility index (Phi) is 5.58. The minimum Gasteiger partial charge on any atom is -0.475 e. The highest BCUT2D eigenvalue weighted by atomic mass is 16.7. The number of rotatable bonds is 6. The van der Waals surface area contributed by atoms with Crippen molar-refractivity contribution in [1.29, 1.82) is 0 Å². The maximum Gasteiger partial charge on any atom is 0.414 e. The van der Waals surface area contributed by atoms with E-state index in [4.69, 9.17) is 20.9 Å². The summed E-state index contributed by atoms with van der Waals surface area (Å²) in [6.45, 7) is 9.31. The van der Waals surface area contributed by atoms with Crippen molar-refractivity contribution in [2.24, 2.45) is 5.16 Å². The highest BCUT2D eigenvalue weighted by molar-refractivity contribution is 5.90. The van der Waals surface area contributed by atoms with Gasteiger partial charge in [-0.2, -0.15) is 0 Å². The van der Waals surface area contributed by atoms with Gasteiger partial charge in [0.25, 0.3) is 5.54 Å². The number of oxime groups is 1. The van der Waals surface area contributed by atoms with Crippen LogP contribution < -0.4 is 4.90 Å².